The number of carbonyl (C=O) groups excluding carboxylic acids is 1. The van der Waals surface area contributed by atoms with Crippen LogP contribution in [0.4, 0.5) is 0 Å². The van der Waals surface area contributed by atoms with E-state index in [1.165, 1.54) is 18.4 Å². The van der Waals surface area contributed by atoms with Crippen LogP contribution in [0.2, 0.25) is 0 Å². The Bertz CT molecular complexity index is 442. The van der Waals surface area contributed by atoms with E-state index < -0.39 is 0 Å². The first-order valence-corrected chi connectivity index (χ1v) is 6.67. The zero-order valence-electron chi connectivity index (χ0n) is 10.8. The second kappa shape index (κ2) is 4.73. The molecule has 1 aromatic rings. The molecule has 2 aliphatic rings. The van der Waals surface area contributed by atoms with Gasteiger partial charge in [-0.2, -0.15) is 0 Å². The average molecular weight is 245 g/mol. The Morgan fingerprint density at radius 2 is 1.89 bits per heavy atom. The van der Waals surface area contributed by atoms with Crippen LogP contribution in [-0.2, 0) is 11.3 Å². The normalized spacial score (nSPS) is 27.5. The van der Waals surface area contributed by atoms with Crippen LogP contribution in [0.5, 0.6) is 5.75 Å². The molecule has 0 radical (unpaired) electrons. The molecular formula is C15H19NO2. The summed E-state index contributed by atoms with van der Waals surface area (Å²) in [5.41, 5.74) is 1.23. The van der Waals surface area contributed by atoms with Crippen LogP contribution in [0.25, 0.3) is 0 Å². The Kier molecular flexibility index (Phi) is 3.08. The van der Waals surface area contributed by atoms with Gasteiger partial charge < -0.3 is 4.74 Å². The largest absolute Gasteiger partial charge is 0.496 e. The number of nitrogens with zero attached hydrogens (tertiary/aromatic N) is 1. The minimum absolute atomic E-state index is 0.443. The smallest absolute Gasteiger partial charge is 0.136 e. The van der Waals surface area contributed by atoms with Crippen LogP contribution in [0.15, 0.2) is 24.3 Å². The lowest BCUT2D eigenvalue weighted by atomic mass is 10.0. The minimum atomic E-state index is 0.443. The van der Waals surface area contributed by atoms with Crippen molar-refractivity contribution in [3.63, 3.8) is 0 Å². The van der Waals surface area contributed by atoms with Gasteiger partial charge in [0.05, 0.1) is 7.11 Å². The summed E-state index contributed by atoms with van der Waals surface area (Å²) in [5.74, 6) is 1.40. The summed E-state index contributed by atoms with van der Waals surface area (Å²) in [4.78, 5) is 14.1. The monoisotopic (exact) mass is 245 g/mol. The van der Waals surface area contributed by atoms with Crippen molar-refractivity contribution in [3.05, 3.63) is 29.8 Å². The predicted octanol–water partition coefficient (Wildman–Crippen LogP) is 2.39. The van der Waals surface area contributed by atoms with Crippen LogP contribution in [-0.4, -0.2) is 29.9 Å². The second-order valence-corrected chi connectivity index (χ2v) is 5.32. The highest BCUT2D eigenvalue weighted by Crippen LogP contribution is 2.36. The second-order valence-electron chi connectivity index (χ2n) is 5.32. The summed E-state index contributed by atoms with van der Waals surface area (Å²) < 4.78 is 5.41. The first-order chi connectivity index (χ1) is 8.78. The van der Waals surface area contributed by atoms with Gasteiger partial charge in [-0.1, -0.05) is 18.2 Å². The Morgan fingerprint density at radius 3 is 2.56 bits per heavy atom. The van der Waals surface area contributed by atoms with Gasteiger partial charge in [-0.15, -0.1) is 0 Å². The highest BCUT2D eigenvalue weighted by Gasteiger charge is 2.39. The van der Waals surface area contributed by atoms with E-state index in [1.54, 1.807) is 7.11 Å². The third kappa shape index (κ3) is 2.03. The van der Waals surface area contributed by atoms with E-state index >= 15 is 0 Å². The number of hydrogen-bond acceptors (Lipinski definition) is 3. The van der Waals surface area contributed by atoms with E-state index in [4.69, 9.17) is 4.74 Å². The van der Waals surface area contributed by atoms with Crippen molar-refractivity contribution in [3.8, 4) is 5.75 Å². The van der Waals surface area contributed by atoms with Crippen molar-refractivity contribution in [2.75, 3.05) is 7.11 Å². The molecule has 3 nitrogen and oxygen atoms in total. The molecule has 0 aromatic heterocycles. The fourth-order valence-electron chi connectivity index (χ4n) is 3.35. The molecule has 96 valence electrons. The predicted molar refractivity (Wildman–Crippen MR) is 69.6 cm³/mol. The molecule has 1 aromatic carbocycles. The number of rotatable bonds is 3. The number of piperidine rings is 1. The molecule has 2 heterocycles. The number of para-hydroxylation sites is 1. The van der Waals surface area contributed by atoms with Gasteiger partial charge in [-0.25, -0.2) is 0 Å². The lowest BCUT2D eigenvalue weighted by Crippen LogP contribution is -2.42. The molecule has 0 spiro atoms. The maximum absolute atomic E-state index is 11.6. The summed E-state index contributed by atoms with van der Waals surface area (Å²) in [6.45, 7) is 0.909. The molecule has 3 rings (SSSR count). The van der Waals surface area contributed by atoms with Gasteiger partial charge in [0, 0.05) is 37.0 Å². The number of Topliss-reactive ketones (excluding diaryl/α,β-unsaturated/α-hetero) is 1. The summed E-state index contributed by atoms with van der Waals surface area (Å²) >= 11 is 0. The lowest BCUT2D eigenvalue weighted by Gasteiger charge is -2.34. The maximum atomic E-state index is 11.6. The third-order valence-electron chi connectivity index (χ3n) is 4.24. The molecule has 3 heteroatoms. The molecule has 2 saturated heterocycles. The summed E-state index contributed by atoms with van der Waals surface area (Å²) in [6.07, 6.45) is 3.83. The third-order valence-corrected chi connectivity index (χ3v) is 4.24. The molecule has 2 atom stereocenters. The maximum Gasteiger partial charge on any atom is 0.136 e. The Labute approximate surface area is 108 Å². The standard InChI is InChI=1S/C15H19NO2/c1-18-15-5-3-2-4-11(15)10-16-12-6-7-13(16)9-14(17)8-12/h2-5,12-13H,6-10H2,1H3. The van der Waals surface area contributed by atoms with E-state index in [2.05, 4.69) is 17.0 Å². The number of carbonyl (C=O) groups is 1. The van der Waals surface area contributed by atoms with E-state index in [0.29, 0.717) is 17.9 Å². The van der Waals surface area contributed by atoms with Gasteiger partial charge >= 0.3 is 0 Å². The van der Waals surface area contributed by atoms with E-state index in [9.17, 15) is 4.79 Å². The number of ketones is 1. The van der Waals surface area contributed by atoms with E-state index in [1.807, 2.05) is 12.1 Å². The number of benzene rings is 1. The van der Waals surface area contributed by atoms with Gasteiger partial charge in [-0.05, 0) is 18.9 Å². The van der Waals surface area contributed by atoms with Crippen LogP contribution in [0.1, 0.15) is 31.2 Å². The number of hydrogen-bond donors (Lipinski definition) is 0. The SMILES string of the molecule is COc1ccccc1CN1C2CCC1CC(=O)C2. The molecule has 0 aliphatic carbocycles. The van der Waals surface area contributed by atoms with Crippen molar-refractivity contribution in [1.29, 1.82) is 0 Å². The zero-order chi connectivity index (χ0) is 12.5. The van der Waals surface area contributed by atoms with E-state index in [0.717, 1.165) is 25.1 Å². The molecule has 2 unspecified atom stereocenters. The molecule has 2 fully saturated rings. The molecule has 0 N–H and O–H groups in total. The van der Waals surface area contributed by atoms with Gasteiger partial charge in [0.15, 0.2) is 0 Å². The summed E-state index contributed by atoms with van der Waals surface area (Å²) in [7, 11) is 1.72. The zero-order valence-corrected chi connectivity index (χ0v) is 10.8. The van der Waals surface area contributed by atoms with Crippen molar-refractivity contribution >= 4 is 5.78 Å². The Balaban J connectivity index is 1.79. The summed E-state index contributed by atoms with van der Waals surface area (Å²) in [6, 6.07) is 9.09. The van der Waals surface area contributed by atoms with E-state index in [-0.39, 0.29) is 0 Å². The highest BCUT2D eigenvalue weighted by molar-refractivity contribution is 5.80. The van der Waals surface area contributed by atoms with Crippen LogP contribution in [0, 0.1) is 0 Å². The van der Waals surface area contributed by atoms with Gasteiger partial charge in [0.2, 0.25) is 0 Å². The Morgan fingerprint density at radius 1 is 1.22 bits per heavy atom. The average Bonchev–Trinajstić information content (AvgIpc) is 2.62. The molecule has 18 heavy (non-hydrogen) atoms. The van der Waals surface area contributed by atoms with Crippen molar-refractivity contribution in [1.82, 2.24) is 4.90 Å². The molecule has 2 aliphatic heterocycles. The number of ether oxygens (including phenoxy) is 1. The molecule has 2 bridgehead atoms. The first kappa shape index (κ1) is 11.7. The van der Waals surface area contributed by atoms with Crippen molar-refractivity contribution < 1.29 is 9.53 Å². The number of fused-ring (bicyclic) bond motifs is 2. The minimum Gasteiger partial charge on any atom is -0.496 e. The van der Waals surface area contributed by atoms with Gasteiger partial charge in [0.1, 0.15) is 11.5 Å². The number of methoxy groups -OCH3 is 1. The fraction of sp³-hybridized carbons (Fsp3) is 0.533. The molecule has 0 saturated carbocycles. The first-order valence-electron chi connectivity index (χ1n) is 6.67. The van der Waals surface area contributed by atoms with Crippen LogP contribution < -0.4 is 4.74 Å². The van der Waals surface area contributed by atoms with Gasteiger partial charge in [0.25, 0.3) is 0 Å². The van der Waals surface area contributed by atoms with Crippen molar-refractivity contribution in [2.45, 2.75) is 44.3 Å². The molecule has 0 amide bonds. The lowest BCUT2D eigenvalue weighted by molar-refractivity contribution is -0.123. The highest BCUT2D eigenvalue weighted by atomic mass is 16.5. The quantitative estimate of drug-likeness (QED) is 0.819. The summed E-state index contributed by atoms with van der Waals surface area (Å²) in [5, 5.41) is 0. The fourth-order valence-corrected chi connectivity index (χ4v) is 3.35. The molecular weight excluding hydrogens is 226 g/mol. The van der Waals surface area contributed by atoms with Crippen LogP contribution in [0.3, 0.4) is 0 Å². The Hall–Kier alpha value is -1.35. The van der Waals surface area contributed by atoms with Gasteiger partial charge in [-0.3, -0.25) is 9.69 Å². The van der Waals surface area contributed by atoms with Crippen LogP contribution >= 0.6 is 0 Å². The van der Waals surface area contributed by atoms with Crippen molar-refractivity contribution in [2.24, 2.45) is 0 Å². The topological polar surface area (TPSA) is 29.5 Å².